The fourth-order valence-electron chi connectivity index (χ4n) is 9.00. The number of hydrogen-bond donors (Lipinski definition) is 5. The Morgan fingerprint density at radius 2 is 1.24 bits per heavy atom. The van der Waals surface area contributed by atoms with Crippen LogP contribution in [0.15, 0.2) is 73.3 Å². The minimum atomic E-state index is -1.16. The number of hydrogen-bond acceptors (Lipinski definition) is 14. The summed E-state index contributed by atoms with van der Waals surface area (Å²) in [6.07, 6.45) is 18.4. The maximum absolute atomic E-state index is 12.9. The Labute approximate surface area is 471 Å². The van der Waals surface area contributed by atoms with Gasteiger partial charge in [0, 0.05) is 63.3 Å². The molecule has 440 valence electrons. The first-order valence-electron chi connectivity index (χ1n) is 28.5. The summed E-state index contributed by atoms with van der Waals surface area (Å²) in [5.74, 6) is -1.88. The zero-order valence-electron chi connectivity index (χ0n) is 47.4. The van der Waals surface area contributed by atoms with Crippen molar-refractivity contribution in [2.24, 2.45) is 0 Å². The number of aliphatic hydroxyl groups excluding tert-OH is 1. The Morgan fingerprint density at radius 3 is 1.89 bits per heavy atom. The van der Waals surface area contributed by atoms with Crippen LogP contribution in [0.2, 0.25) is 0 Å². The van der Waals surface area contributed by atoms with E-state index in [1.54, 1.807) is 12.4 Å². The van der Waals surface area contributed by atoms with Gasteiger partial charge in [-0.15, -0.1) is 0 Å². The summed E-state index contributed by atoms with van der Waals surface area (Å²) < 4.78 is 38.0. The highest BCUT2D eigenvalue weighted by Crippen LogP contribution is 2.31. The predicted octanol–water partition coefficient (Wildman–Crippen LogP) is 8.15. The van der Waals surface area contributed by atoms with Gasteiger partial charge in [0.25, 0.3) is 0 Å². The number of aliphatic carboxylic acids is 2. The fourth-order valence-corrected chi connectivity index (χ4v) is 9.00. The second-order valence-corrected chi connectivity index (χ2v) is 20.4. The van der Waals surface area contributed by atoms with Gasteiger partial charge >= 0.3 is 11.9 Å². The first-order valence-corrected chi connectivity index (χ1v) is 28.5. The van der Waals surface area contributed by atoms with Crippen molar-refractivity contribution in [2.75, 3.05) is 85.8 Å². The summed E-state index contributed by atoms with van der Waals surface area (Å²) in [6, 6.07) is 16.3. The summed E-state index contributed by atoms with van der Waals surface area (Å²) in [7, 11) is 0. The van der Waals surface area contributed by atoms with Gasteiger partial charge in [-0.1, -0.05) is 88.1 Å². The third-order valence-corrected chi connectivity index (χ3v) is 13.5. The van der Waals surface area contributed by atoms with Crippen molar-refractivity contribution < 1.29 is 62.9 Å². The van der Waals surface area contributed by atoms with Crippen LogP contribution < -0.4 is 10.6 Å². The van der Waals surface area contributed by atoms with Gasteiger partial charge in [-0.3, -0.25) is 28.8 Å². The van der Waals surface area contributed by atoms with E-state index in [0.29, 0.717) is 38.7 Å². The Kier molecular flexibility index (Phi) is 29.9. The molecule has 0 fully saturated rings. The number of amides is 2. The van der Waals surface area contributed by atoms with Crippen LogP contribution in [0.3, 0.4) is 0 Å². The van der Waals surface area contributed by atoms with Gasteiger partial charge in [0.2, 0.25) is 11.8 Å². The quantitative estimate of drug-likeness (QED) is 0.0230. The summed E-state index contributed by atoms with van der Waals surface area (Å²) in [6.45, 7) is 10.3. The topological polar surface area (TPSA) is 257 Å². The number of aryl methyl sites for hydroxylation is 2. The highest BCUT2D eigenvalue weighted by molar-refractivity contribution is 5.83. The molecule has 2 amide bonds. The number of imidazole rings is 1. The SMILES string of the molecule is CCCOCC(COCCC(=O)O)(COCCC(=O)O)NC(=O)CCOCCOCCC(=O)NCCCCCCCCCCCCOCCn1cc(-c2ccc3nc(C(O)c4ccncc4)n(Cc4cc(C)ccc4C)c3c2)cn1. The number of nitrogens with zero attached hydrogens (tertiary/aromatic N) is 5. The number of fused-ring (bicyclic) bond motifs is 1. The van der Waals surface area contributed by atoms with Crippen molar-refractivity contribution >= 4 is 34.8 Å². The molecule has 0 saturated heterocycles. The Hall–Kier alpha value is -6.13. The van der Waals surface area contributed by atoms with E-state index >= 15 is 0 Å². The number of carboxylic acids is 2. The van der Waals surface area contributed by atoms with Crippen LogP contribution in [0.5, 0.6) is 0 Å². The molecule has 3 aromatic heterocycles. The van der Waals surface area contributed by atoms with Crippen LogP contribution in [0.1, 0.15) is 137 Å². The molecule has 5 N–H and O–H groups in total. The number of aromatic nitrogens is 5. The second-order valence-electron chi connectivity index (χ2n) is 20.4. The average Bonchev–Trinajstić information content (AvgIpc) is 4.13. The van der Waals surface area contributed by atoms with Crippen LogP contribution in [-0.4, -0.2) is 155 Å². The standard InChI is InChI=1S/C60H87N7O13/c1-4-29-78-43-60(44-79-33-23-56(70)71,45-80-34-24-57(72)73)65-55(69)22-32-77-37-36-76-31-21-54(68)62-25-13-11-9-7-5-6-8-10-12-14-30-75-35-28-66-41-51(40-63-66)49-17-18-52-53(39-49)67(42-50-38-46(2)15-16-47(50)3)59(64-52)58(74)48-19-26-61-27-20-48/h15-20,26-27,38-41,58,74H,4-14,21-25,28-37,42-45H2,1-3H3,(H,62,68)(H,65,69)(H,70,71)(H,72,73). The van der Waals surface area contributed by atoms with Crippen molar-refractivity contribution in [3.63, 3.8) is 0 Å². The maximum atomic E-state index is 12.9. The highest BCUT2D eigenvalue weighted by Gasteiger charge is 2.34. The van der Waals surface area contributed by atoms with Crippen molar-refractivity contribution in [2.45, 2.75) is 142 Å². The van der Waals surface area contributed by atoms with Gasteiger partial charge in [-0.05, 0) is 79.6 Å². The van der Waals surface area contributed by atoms with Gasteiger partial charge in [0.15, 0.2) is 0 Å². The van der Waals surface area contributed by atoms with Gasteiger partial charge in [-0.2, -0.15) is 5.10 Å². The van der Waals surface area contributed by atoms with Crippen LogP contribution >= 0.6 is 0 Å². The largest absolute Gasteiger partial charge is 0.481 e. The molecule has 80 heavy (non-hydrogen) atoms. The minimum absolute atomic E-state index is 0.00912. The smallest absolute Gasteiger partial charge is 0.305 e. The van der Waals surface area contributed by atoms with Crippen LogP contribution in [0.25, 0.3) is 22.2 Å². The monoisotopic (exact) mass is 1110 g/mol. The summed E-state index contributed by atoms with van der Waals surface area (Å²) in [5.41, 5.74) is 6.93. The normalized spacial score (nSPS) is 12.1. The van der Waals surface area contributed by atoms with Gasteiger partial charge in [0.1, 0.15) is 17.5 Å². The Bertz CT molecular complexity index is 2570. The van der Waals surface area contributed by atoms with Crippen molar-refractivity contribution in [3.05, 3.63) is 101 Å². The molecule has 0 aliphatic heterocycles. The number of carboxylic acid groups (broad SMARTS) is 2. The lowest BCUT2D eigenvalue weighted by atomic mass is 10.0. The molecule has 2 aromatic carbocycles. The average molecular weight is 1110 g/mol. The van der Waals surface area contributed by atoms with Crippen molar-refractivity contribution in [1.82, 2.24) is 34.9 Å². The lowest BCUT2D eigenvalue weighted by molar-refractivity contribution is -0.140. The van der Waals surface area contributed by atoms with E-state index in [-0.39, 0.29) is 97.0 Å². The van der Waals surface area contributed by atoms with Crippen molar-refractivity contribution in [1.29, 1.82) is 0 Å². The van der Waals surface area contributed by atoms with Crippen LogP contribution in [0, 0.1) is 13.8 Å². The molecule has 5 aromatic rings. The summed E-state index contributed by atoms with van der Waals surface area (Å²) in [5, 5.41) is 40.0. The van der Waals surface area contributed by atoms with Gasteiger partial charge < -0.3 is 58.9 Å². The third kappa shape index (κ3) is 24.3. The van der Waals surface area contributed by atoms with E-state index in [2.05, 4.69) is 75.7 Å². The van der Waals surface area contributed by atoms with Crippen LogP contribution in [-0.2, 0) is 60.7 Å². The minimum Gasteiger partial charge on any atom is -0.481 e. The Balaban J connectivity index is 0.848. The summed E-state index contributed by atoms with van der Waals surface area (Å²) in [4.78, 5) is 56.2. The first-order chi connectivity index (χ1) is 38.9. The number of nitrogens with one attached hydrogen (secondary N) is 2. The number of carbonyl (C=O) groups excluding carboxylic acids is 2. The molecular weight excluding hydrogens is 1030 g/mol. The van der Waals surface area contributed by atoms with Crippen LogP contribution in [0.4, 0.5) is 0 Å². The van der Waals surface area contributed by atoms with E-state index in [0.717, 1.165) is 72.9 Å². The van der Waals surface area contributed by atoms with Crippen molar-refractivity contribution in [3.8, 4) is 11.1 Å². The molecule has 0 saturated carbocycles. The zero-order valence-corrected chi connectivity index (χ0v) is 47.4. The molecule has 0 radical (unpaired) electrons. The highest BCUT2D eigenvalue weighted by atomic mass is 16.5. The van der Waals surface area contributed by atoms with Gasteiger partial charge in [-0.25, -0.2) is 4.98 Å². The molecule has 20 heteroatoms. The first kappa shape index (κ1) is 64.7. The zero-order chi connectivity index (χ0) is 57.2. The molecule has 0 bridgehead atoms. The molecule has 1 unspecified atom stereocenters. The molecule has 0 aliphatic carbocycles. The second kappa shape index (κ2) is 37.0. The van der Waals surface area contributed by atoms with E-state index in [9.17, 15) is 24.3 Å². The lowest BCUT2D eigenvalue weighted by Gasteiger charge is -2.34. The van der Waals surface area contributed by atoms with E-state index < -0.39 is 23.6 Å². The molecule has 0 spiro atoms. The number of unbranched alkanes of at least 4 members (excludes halogenated alkanes) is 9. The van der Waals surface area contributed by atoms with Gasteiger partial charge in [0.05, 0.1) is 103 Å². The van der Waals surface area contributed by atoms with E-state index in [4.69, 9.17) is 43.6 Å². The molecule has 1 atom stereocenters. The maximum Gasteiger partial charge on any atom is 0.305 e. The number of ether oxygens (including phenoxy) is 6. The summed E-state index contributed by atoms with van der Waals surface area (Å²) >= 11 is 0. The number of benzene rings is 2. The molecular formula is C60H87N7O13. The molecule has 5 rings (SSSR count). The lowest BCUT2D eigenvalue weighted by Crippen LogP contribution is -2.58. The number of carbonyl (C=O) groups is 4. The van der Waals surface area contributed by atoms with E-state index in [1.807, 2.05) is 36.0 Å². The van der Waals surface area contributed by atoms with E-state index in [1.165, 1.54) is 48.8 Å². The number of aliphatic hydroxyl groups is 1. The number of rotatable bonds is 45. The third-order valence-electron chi connectivity index (χ3n) is 13.5. The predicted molar refractivity (Wildman–Crippen MR) is 303 cm³/mol. The molecule has 20 nitrogen and oxygen atoms in total. The molecule has 0 aliphatic rings. The fraction of sp³-hybridized carbons (Fsp3) is 0.583. The Morgan fingerprint density at radius 1 is 0.637 bits per heavy atom. The number of pyridine rings is 1. The molecule has 3 heterocycles.